The van der Waals surface area contributed by atoms with Crippen molar-refractivity contribution in [2.75, 3.05) is 0 Å². The van der Waals surface area contributed by atoms with Gasteiger partial charge in [-0.2, -0.15) is 0 Å². The summed E-state index contributed by atoms with van der Waals surface area (Å²) in [4.78, 5) is 9.11. The Kier molecular flexibility index (Phi) is 3.96. The standard InChI is InChI=1S/C22H20N2/c1-2-7-16-12-17-14-18(21-8-3-5-10-23-21)15-20(19(17)13-16)22-9-4-6-11-24-22/h3-6,8-11,13-15H,2,7,12H2,1H3. The summed E-state index contributed by atoms with van der Waals surface area (Å²) in [5.74, 6) is 0. The number of rotatable bonds is 4. The molecule has 2 heteroatoms. The topological polar surface area (TPSA) is 25.8 Å². The van der Waals surface area contributed by atoms with E-state index in [0.717, 1.165) is 24.2 Å². The van der Waals surface area contributed by atoms with Crippen LogP contribution in [0, 0.1) is 0 Å². The van der Waals surface area contributed by atoms with Crippen molar-refractivity contribution in [3.63, 3.8) is 0 Å². The van der Waals surface area contributed by atoms with Crippen LogP contribution in [0.5, 0.6) is 0 Å². The summed E-state index contributed by atoms with van der Waals surface area (Å²) in [5, 5.41) is 0. The van der Waals surface area contributed by atoms with Crippen molar-refractivity contribution in [1.82, 2.24) is 9.97 Å². The van der Waals surface area contributed by atoms with Crippen LogP contribution in [-0.2, 0) is 6.42 Å². The molecule has 0 amide bonds. The Bertz CT molecular complexity index is 881. The number of nitrogens with zero attached hydrogens (tertiary/aromatic N) is 2. The molecule has 0 bridgehead atoms. The Morgan fingerprint density at radius 3 is 2.33 bits per heavy atom. The monoisotopic (exact) mass is 312 g/mol. The van der Waals surface area contributed by atoms with E-state index in [4.69, 9.17) is 0 Å². The molecule has 24 heavy (non-hydrogen) atoms. The zero-order chi connectivity index (χ0) is 16.4. The maximum Gasteiger partial charge on any atom is 0.0708 e. The predicted molar refractivity (Wildman–Crippen MR) is 99.5 cm³/mol. The molecular weight excluding hydrogens is 292 g/mol. The third-order valence-corrected chi connectivity index (χ3v) is 4.50. The van der Waals surface area contributed by atoms with Gasteiger partial charge in [-0.25, -0.2) is 0 Å². The lowest BCUT2D eigenvalue weighted by molar-refractivity contribution is 0.886. The van der Waals surface area contributed by atoms with Gasteiger partial charge < -0.3 is 0 Å². The quantitative estimate of drug-likeness (QED) is 0.631. The molecule has 0 radical (unpaired) electrons. The van der Waals surface area contributed by atoms with E-state index in [-0.39, 0.29) is 0 Å². The van der Waals surface area contributed by atoms with Crippen molar-refractivity contribution in [1.29, 1.82) is 0 Å². The van der Waals surface area contributed by atoms with E-state index in [9.17, 15) is 0 Å². The maximum atomic E-state index is 4.58. The first kappa shape index (κ1) is 14.8. The molecule has 2 nitrogen and oxygen atoms in total. The summed E-state index contributed by atoms with van der Waals surface area (Å²) in [6.45, 7) is 2.24. The second-order valence-electron chi connectivity index (χ2n) is 6.26. The van der Waals surface area contributed by atoms with E-state index < -0.39 is 0 Å². The Balaban J connectivity index is 1.88. The third kappa shape index (κ3) is 2.76. The predicted octanol–water partition coefficient (Wildman–Crippen LogP) is 5.55. The van der Waals surface area contributed by atoms with Crippen molar-refractivity contribution in [2.24, 2.45) is 0 Å². The fraction of sp³-hybridized carbons (Fsp3) is 0.182. The van der Waals surface area contributed by atoms with Crippen molar-refractivity contribution in [3.05, 3.63) is 77.6 Å². The number of hydrogen-bond acceptors (Lipinski definition) is 2. The van der Waals surface area contributed by atoms with Gasteiger partial charge in [-0.3, -0.25) is 9.97 Å². The maximum absolute atomic E-state index is 4.58. The molecule has 0 atom stereocenters. The van der Waals surface area contributed by atoms with Crippen LogP contribution in [0.2, 0.25) is 0 Å². The smallest absolute Gasteiger partial charge is 0.0708 e. The molecule has 0 unspecified atom stereocenters. The van der Waals surface area contributed by atoms with Gasteiger partial charge in [0.15, 0.2) is 0 Å². The lowest BCUT2D eigenvalue weighted by Crippen LogP contribution is -1.93. The fourth-order valence-electron chi connectivity index (χ4n) is 3.43. The number of allylic oxidation sites excluding steroid dienone is 1. The molecule has 0 saturated carbocycles. The minimum Gasteiger partial charge on any atom is -0.256 e. The van der Waals surface area contributed by atoms with Gasteiger partial charge in [0, 0.05) is 23.5 Å². The highest BCUT2D eigenvalue weighted by Gasteiger charge is 2.19. The summed E-state index contributed by atoms with van der Waals surface area (Å²) in [7, 11) is 0. The summed E-state index contributed by atoms with van der Waals surface area (Å²) >= 11 is 0. The molecule has 1 aromatic carbocycles. The third-order valence-electron chi connectivity index (χ3n) is 4.50. The van der Waals surface area contributed by atoms with Gasteiger partial charge in [0.1, 0.15) is 0 Å². The number of fused-ring (bicyclic) bond motifs is 1. The zero-order valence-electron chi connectivity index (χ0n) is 13.9. The zero-order valence-corrected chi connectivity index (χ0v) is 13.9. The summed E-state index contributed by atoms with van der Waals surface area (Å²) in [6.07, 6.45) is 9.47. The molecule has 2 aromatic heterocycles. The lowest BCUT2D eigenvalue weighted by Gasteiger charge is -2.11. The minimum absolute atomic E-state index is 1.02. The van der Waals surface area contributed by atoms with Crippen LogP contribution in [-0.4, -0.2) is 9.97 Å². The van der Waals surface area contributed by atoms with Gasteiger partial charge in [0.05, 0.1) is 11.4 Å². The normalized spacial score (nSPS) is 12.8. The van der Waals surface area contributed by atoms with E-state index in [0.29, 0.717) is 0 Å². The van der Waals surface area contributed by atoms with Gasteiger partial charge in [0.25, 0.3) is 0 Å². The minimum atomic E-state index is 1.02. The molecule has 2 heterocycles. The molecule has 118 valence electrons. The van der Waals surface area contributed by atoms with Crippen molar-refractivity contribution in [2.45, 2.75) is 26.2 Å². The Hall–Kier alpha value is -2.74. The van der Waals surface area contributed by atoms with E-state index in [1.54, 1.807) is 0 Å². The Labute approximate surface area is 142 Å². The molecule has 1 aliphatic rings. The molecule has 0 aliphatic heterocycles. The highest BCUT2D eigenvalue weighted by atomic mass is 14.7. The molecule has 0 fully saturated rings. The first-order valence-corrected chi connectivity index (χ1v) is 8.54. The van der Waals surface area contributed by atoms with Crippen LogP contribution in [0.3, 0.4) is 0 Å². The van der Waals surface area contributed by atoms with Gasteiger partial charge >= 0.3 is 0 Å². The highest BCUT2D eigenvalue weighted by molar-refractivity contribution is 5.83. The van der Waals surface area contributed by atoms with Crippen LogP contribution >= 0.6 is 0 Å². The van der Waals surface area contributed by atoms with Gasteiger partial charge in [0.2, 0.25) is 0 Å². The molecule has 4 rings (SSSR count). The average molecular weight is 312 g/mol. The molecule has 1 aliphatic carbocycles. The van der Waals surface area contributed by atoms with E-state index in [1.807, 2.05) is 36.7 Å². The Morgan fingerprint density at radius 1 is 0.917 bits per heavy atom. The Morgan fingerprint density at radius 2 is 1.67 bits per heavy atom. The highest BCUT2D eigenvalue weighted by Crippen LogP contribution is 2.38. The van der Waals surface area contributed by atoms with Crippen LogP contribution in [0.1, 0.15) is 30.9 Å². The number of pyridine rings is 2. The van der Waals surface area contributed by atoms with E-state index in [2.05, 4.69) is 47.2 Å². The van der Waals surface area contributed by atoms with Crippen LogP contribution in [0.4, 0.5) is 0 Å². The van der Waals surface area contributed by atoms with E-state index >= 15 is 0 Å². The van der Waals surface area contributed by atoms with Crippen LogP contribution < -0.4 is 0 Å². The SMILES string of the molecule is CCCC1=Cc2c(cc(-c3ccccn3)cc2-c2ccccn2)C1. The number of hydrogen-bond donors (Lipinski definition) is 0. The molecule has 0 spiro atoms. The van der Waals surface area contributed by atoms with Gasteiger partial charge in [-0.05, 0) is 60.4 Å². The molecule has 0 N–H and O–H groups in total. The lowest BCUT2D eigenvalue weighted by atomic mass is 9.95. The number of benzene rings is 1. The summed E-state index contributed by atoms with van der Waals surface area (Å²) < 4.78 is 0. The van der Waals surface area contributed by atoms with Gasteiger partial charge in [-0.15, -0.1) is 0 Å². The van der Waals surface area contributed by atoms with Crippen molar-refractivity contribution in [3.8, 4) is 22.5 Å². The number of aromatic nitrogens is 2. The molecule has 0 saturated heterocycles. The fourth-order valence-corrected chi connectivity index (χ4v) is 3.43. The summed E-state index contributed by atoms with van der Waals surface area (Å²) in [6, 6.07) is 16.7. The van der Waals surface area contributed by atoms with Crippen LogP contribution in [0.25, 0.3) is 28.6 Å². The van der Waals surface area contributed by atoms with Crippen LogP contribution in [0.15, 0.2) is 66.5 Å². The van der Waals surface area contributed by atoms with Crippen molar-refractivity contribution >= 4 is 6.08 Å². The first-order chi connectivity index (χ1) is 11.8. The van der Waals surface area contributed by atoms with Crippen molar-refractivity contribution < 1.29 is 0 Å². The summed E-state index contributed by atoms with van der Waals surface area (Å²) in [5.41, 5.74) is 8.66. The molecular formula is C22H20N2. The largest absolute Gasteiger partial charge is 0.256 e. The van der Waals surface area contributed by atoms with Gasteiger partial charge in [-0.1, -0.05) is 37.1 Å². The second-order valence-corrected chi connectivity index (χ2v) is 6.26. The molecule has 3 aromatic rings. The first-order valence-electron chi connectivity index (χ1n) is 8.54. The van der Waals surface area contributed by atoms with E-state index in [1.165, 1.54) is 34.2 Å². The average Bonchev–Trinajstić information content (AvgIpc) is 3.05. The second kappa shape index (κ2) is 6.40.